The van der Waals surface area contributed by atoms with E-state index in [0.717, 1.165) is 17.2 Å². The van der Waals surface area contributed by atoms with E-state index >= 15 is 0 Å². The number of benzene rings is 4. The number of thiophene rings is 1. The van der Waals surface area contributed by atoms with Gasteiger partial charge in [0.15, 0.2) is 5.82 Å². The van der Waals surface area contributed by atoms with Crippen molar-refractivity contribution in [2.24, 2.45) is 4.99 Å². The summed E-state index contributed by atoms with van der Waals surface area (Å²) in [4.78, 5) is 5.23. The molecule has 4 aromatic carbocycles. The summed E-state index contributed by atoms with van der Waals surface area (Å²) in [5.41, 5.74) is 7.18. The Morgan fingerprint density at radius 1 is 0.750 bits per heavy atom. The molecule has 0 amide bonds. The fraction of sp³-hybridized carbons (Fsp3) is 0.0312. The van der Waals surface area contributed by atoms with Gasteiger partial charge >= 0.3 is 0 Å². The van der Waals surface area contributed by atoms with E-state index in [1.54, 1.807) is 0 Å². The van der Waals surface area contributed by atoms with Crippen molar-refractivity contribution in [1.29, 1.82) is 0 Å². The minimum absolute atomic E-state index is 0.0970. The van der Waals surface area contributed by atoms with Crippen LogP contribution in [0.2, 0.25) is 0 Å². The van der Waals surface area contributed by atoms with Crippen molar-refractivity contribution in [1.82, 2.24) is 4.40 Å². The Balaban J connectivity index is 1.49. The summed E-state index contributed by atoms with van der Waals surface area (Å²) < 4.78 is 5.02. The molecule has 7 aromatic rings. The number of hydrogen-bond acceptors (Lipinski definition) is 3. The van der Waals surface area contributed by atoms with Crippen molar-refractivity contribution in [2.45, 2.75) is 6.04 Å². The van der Waals surface area contributed by atoms with Crippen LogP contribution < -0.4 is 5.32 Å². The Morgan fingerprint density at radius 2 is 1.64 bits per heavy atom. The summed E-state index contributed by atoms with van der Waals surface area (Å²) in [6, 6.07) is 28.8. The van der Waals surface area contributed by atoms with Crippen LogP contribution in [-0.2, 0) is 0 Å². The van der Waals surface area contributed by atoms with Crippen molar-refractivity contribution < 1.29 is 0 Å². The van der Waals surface area contributed by atoms with Gasteiger partial charge in [-0.25, -0.2) is 4.99 Å². The third kappa shape index (κ3) is 2.30. The van der Waals surface area contributed by atoms with Crippen molar-refractivity contribution in [2.75, 3.05) is 5.32 Å². The molecule has 0 fully saturated rings. The largest absolute Gasteiger partial charge is 0.370 e. The van der Waals surface area contributed by atoms with Gasteiger partial charge in [0.1, 0.15) is 0 Å². The van der Waals surface area contributed by atoms with Gasteiger partial charge in [0.25, 0.3) is 0 Å². The Kier molecular flexibility index (Phi) is 3.47. The number of rotatable bonds is 1. The molecule has 168 valence electrons. The Labute approximate surface area is 210 Å². The third-order valence-electron chi connectivity index (χ3n) is 7.72. The maximum atomic E-state index is 5.23. The average molecular weight is 478 g/mol. The smallest absolute Gasteiger partial charge is 0.162 e. The van der Waals surface area contributed by atoms with Gasteiger partial charge in [-0.05, 0) is 41.5 Å². The van der Waals surface area contributed by atoms with Gasteiger partial charge in [-0.15, -0.1) is 11.3 Å². The Hall–Kier alpha value is -4.41. The molecule has 1 N–H and O–H groups in total. The second kappa shape index (κ2) is 6.62. The number of nitrogens with zero attached hydrogens (tertiary/aromatic N) is 2. The van der Waals surface area contributed by atoms with Crippen LogP contribution in [0.1, 0.15) is 0 Å². The van der Waals surface area contributed by atoms with E-state index in [1.165, 1.54) is 58.5 Å². The summed E-state index contributed by atoms with van der Waals surface area (Å²) >= 11 is 1.89. The minimum Gasteiger partial charge on any atom is -0.370 e. The predicted molar refractivity (Wildman–Crippen MR) is 155 cm³/mol. The highest BCUT2D eigenvalue weighted by Crippen LogP contribution is 2.52. The Bertz CT molecular complexity index is 2120. The van der Waals surface area contributed by atoms with Crippen LogP contribution in [0.5, 0.6) is 0 Å². The van der Waals surface area contributed by atoms with Crippen molar-refractivity contribution in [3.8, 4) is 11.1 Å². The first-order valence-electron chi connectivity index (χ1n) is 12.3. The molecule has 0 saturated carbocycles. The zero-order valence-corrected chi connectivity index (χ0v) is 20.0. The van der Waals surface area contributed by atoms with Crippen molar-refractivity contribution in [3.05, 3.63) is 103 Å². The first-order chi connectivity index (χ1) is 17.8. The zero-order valence-electron chi connectivity index (χ0n) is 19.2. The molecule has 9 rings (SSSR count). The maximum absolute atomic E-state index is 5.23. The second-order valence-corrected chi connectivity index (χ2v) is 10.7. The predicted octanol–water partition coefficient (Wildman–Crippen LogP) is 8.71. The van der Waals surface area contributed by atoms with E-state index in [4.69, 9.17) is 4.99 Å². The number of allylic oxidation sites excluding steroid dienone is 2. The SMILES string of the molecule is C1=CC2=Nc3c(c4c5c(cc6c7ccccc7n3c64)sc3ccc(-c4ccccc4)cc35)NC2C=C1. The summed E-state index contributed by atoms with van der Waals surface area (Å²) in [5.74, 6) is 1.01. The number of aliphatic imine (C=N–C) groups is 1. The summed E-state index contributed by atoms with van der Waals surface area (Å²) in [6.07, 6.45) is 8.50. The molecule has 3 nitrogen and oxygen atoms in total. The zero-order chi connectivity index (χ0) is 23.4. The third-order valence-corrected chi connectivity index (χ3v) is 8.84. The van der Waals surface area contributed by atoms with Crippen LogP contribution in [0.4, 0.5) is 11.5 Å². The molecule has 0 bridgehead atoms. The first-order valence-corrected chi connectivity index (χ1v) is 13.1. The molecule has 0 radical (unpaired) electrons. The quantitative estimate of drug-likeness (QED) is 0.252. The van der Waals surface area contributed by atoms with Crippen LogP contribution in [0, 0.1) is 0 Å². The van der Waals surface area contributed by atoms with Gasteiger partial charge in [-0.1, -0.05) is 72.8 Å². The molecular weight excluding hydrogens is 458 g/mol. The monoisotopic (exact) mass is 477 g/mol. The van der Waals surface area contributed by atoms with Gasteiger partial charge in [-0.2, -0.15) is 0 Å². The van der Waals surface area contributed by atoms with E-state index in [9.17, 15) is 0 Å². The lowest BCUT2D eigenvalue weighted by Crippen LogP contribution is -2.29. The van der Waals surface area contributed by atoms with E-state index in [1.807, 2.05) is 11.3 Å². The molecule has 1 aliphatic heterocycles. The van der Waals surface area contributed by atoms with Gasteiger partial charge in [0.05, 0.1) is 28.5 Å². The van der Waals surface area contributed by atoms with Crippen LogP contribution >= 0.6 is 11.3 Å². The highest BCUT2D eigenvalue weighted by molar-refractivity contribution is 7.26. The second-order valence-electron chi connectivity index (χ2n) is 9.65. The number of hydrogen-bond donors (Lipinski definition) is 1. The molecule has 4 heteroatoms. The highest BCUT2D eigenvalue weighted by Gasteiger charge is 2.30. The molecule has 36 heavy (non-hydrogen) atoms. The van der Waals surface area contributed by atoms with E-state index in [-0.39, 0.29) is 6.04 Å². The van der Waals surface area contributed by atoms with Gasteiger partial charge in [0, 0.05) is 36.3 Å². The lowest BCUT2D eigenvalue weighted by atomic mass is 9.99. The highest BCUT2D eigenvalue weighted by atomic mass is 32.1. The molecule has 1 atom stereocenters. The van der Waals surface area contributed by atoms with Crippen LogP contribution in [0.25, 0.3) is 58.5 Å². The number of fused-ring (bicyclic) bond motifs is 11. The Morgan fingerprint density at radius 3 is 2.58 bits per heavy atom. The first kappa shape index (κ1) is 18.9. The summed E-state index contributed by atoms with van der Waals surface area (Å²) in [6.45, 7) is 0. The van der Waals surface area contributed by atoms with Gasteiger partial charge in [-0.3, -0.25) is 4.40 Å². The molecule has 3 aromatic heterocycles. The van der Waals surface area contributed by atoms with Crippen LogP contribution in [0.15, 0.2) is 108 Å². The molecule has 1 aliphatic carbocycles. The standard InChI is InChI=1S/C32H19N3S/c1-2-8-18(9-3-1)19-14-15-26-22(16-19)28-27(36-26)17-21-20-10-4-7-13-25(20)35-31(21)29(28)30-32(35)34-24-12-6-5-11-23(24)33-30/h1-17,23,33H. The minimum atomic E-state index is 0.0970. The number of anilines is 1. The molecular formula is C32H19N3S. The normalized spacial score (nSPS) is 16.8. The fourth-order valence-corrected chi connectivity index (χ4v) is 7.30. The van der Waals surface area contributed by atoms with Gasteiger partial charge < -0.3 is 5.32 Å². The van der Waals surface area contributed by atoms with Crippen LogP contribution in [0.3, 0.4) is 0 Å². The fourth-order valence-electron chi connectivity index (χ4n) is 6.16. The lowest BCUT2D eigenvalue weighted by Gasteiger charge is -2.23. The molecule has 4 heterocycles. The number of para-hydroxylation sites is 1. The van der Waals surface area contributed by atoms with Gasteiger partial charge in [0.2, 0.25) is 0 Å². The van der Waals surface area contributed by atoms with Crippen molar-refractivity contribution in [3.63, 3.8) is 0 Å². The molecule has 2 aliphatic rings. The van der Waals surface area contributed by atoms with Crippen molar-refractivity contribution >= 4 is 75.9 Å². The van der Waals surface area contributed by atoms with E-state index < -0.39 is 0 Å². The molecule has 1 unspecified atom stereocenters. The molecule has 0 saturated heterocycles. The summed E-state index contributed by atoms with van der Waals surface area (Å²) in [5, 5.41) is 10.4. The number of aromatic nitrogens is 1. The van der Waals surface area contributed by atoms with E-state index in [0.29, 0.717) is 0 Å². The average Bonchev–Trinajstić information content (AvgIpc) is 3.57. The topological polar surface area (TPSA) is 28.8 Å². The lowest BCUT2D eigenvalue weighted by molar-refractivity contribution is 1.11. The summed E-state index contributed by atoms with van der Waals surface area (Å²) in [7, 11) is 0. The van der Waals surface area contributed by atoms with Crippen LogP contribution in [-0.4, -0.2) is 16.2 Å². The number of nitrogens with one attached hydrogen (secondary N) is 1. The maximum Gasteiger partial charge on any atom is 0.162 e. The molecule has 0 spiro atoms. The van der Waals surface area contributed by atoms with E-state index in [2.05, 4.69) is 113 Å².